The van der Waals surface area contributed by atoms with Crippen molar-refractivity contribution in [2.45, 2.75) is 6.92 Å². The molecule has 0 aliphatic heterocycles. The molecule has 7 nitrogen and oxygen atoms in total. The summed E-state index contributed by atoms with van der Waals surface area (Å²) in [5.74, 6) is -2.44. The maximum Gasteiger partial charge on any atom is 0.335 e. The Balaban J connectivity index is 3.09. The second-order valence-electron chi connectivity index (χ2n) is 5.92. The summed E-state index contributed by atoms with van der Waals surface area (Å²) >= 11 is 0. The fourth-order valence-electron chi connectivity index (χ4n) is 2.05. The number of ether oxygens (including phenoxy) is 3. The lowest BCUT2D eigenvalue weighted by Crippen LogP contribution is -2.06. The van der Waals surface area contributed by atoms with Crippen molar-refractivity contribution in [1.82, 2.24) is 0 Å². The molecule has 0 saturated heterocycles. The van der Waals surface area contributed by atoms with Crippen LogP contribution in [0.1, 0.15) is 17.3 Å². The summed E-state index contributed by atoms with van der Waals surface area (Å²) in [6, 6.07) is 5.95. The molecule has 0 aliphatic rings. The van der Waals surface area contributed by atoms with Crippen LogP contribution in [-0.2, 0) is 23.9 Å². The second kappa shape index (κ2) is 12.9. The first-order valence-corrected chi connectivity index (χ1v) is 9.14. The van der Waals surface area contributed by atoms with Gasteiger partial charge in [-0.3, -0.25) is 4.79 Å². The third kappa shape index (κ3) is 8.46. The Morgan fingerprint density at radius 2 is 1.25 bits per heavy atom. The zero-order valence-corrected chi connectivity index (χ0v) is 17.5. The van der Waals surface area contributed by atoms with Gasteiger partial charge in [-0.15, -0.1) is 0 Å². The number of benzene rings is 1. The van der Waals surface area contributed by atoms with Crippen molar-refractivity contribution < 1.29 is 33.4 Å². The Morgan fingerprint density at radius 3 is 1.75 bits per heavy atom. The monoisotopic (exact) mass is 434 g/mol. The van der Waals surface area contributed by atoms with Crippen LogP contribution in [0.25, 0.3) is 0 Å². The summed E-state index contributed by atoms with van der Waals surface area (Å²) in [7, 11) is 0. The van der Waals surface area contributed by atoms with E-state index in [1.54, 1.807) is 6.92 Å². The van der Waals surface area contributed by atoms with Gasteiger partial charge in [0.2, 0.25) is 0 Å². The highest BCUT2D eigenvalue weighted by atomic mass is 16.6. The summed E-state index contributed by atoms with van der Waals surface area (Å²) in [5.41, 5.74) is 0.851. The lowest BCUT2D eigenvalue weighted by molar-refractivity contribution is -0.137. The van der Waals surface area contributed by atoms with Crippen molar-refractivity contribution in [3.05, 3.63) is 116 Å². The van der Waals surface area contributed by atoms with Crippen molar-refractivity contribution in [2.24, 2.45) is 0 Å². The van der Waals surface area contributed by atoms with Crippen LogP contribution in [-0.4, -0.2) is 23.7 Å². The van der Waals surface area contributed by atoms with Crippen LogP contribution in [0.2, 0.25) is 0 Å². The van der Waals surface area contributed by atoms with Crippen LogP contribution in [0, 0.1) is 0 Å². The molecule has 7 heteroatoms. The van der Waals surface area contributed by atoms with Crippen molar-refractivity contribution in [2.75, 3.05) is 0 Å². The third-order valence-electron chi connectivity index (χ3n) is 3.56. The van der Waals surface area contributed by atoms with E-state index in [0.717, 1.165) is 18.2 Å². The first kappa shape index (κ1) is 25.5. The van der Waals surface area contributed by atoms with Gasteiger partial charge in [-0.1, -0.05) is 32.4 Å². The van der Waals surface area contributed by atoms with Crippen molar-refractivity contribution >= 4 is 23.7 Å². The first-order valence-electron chi connectivity index (χ1n) is 9.14. The Morgan fingerprint density at radius 1 is 0.719 bits per heavy atom. The molecule has 164 valence electrons. The Hall–Kier alpha value is -4.52. The van der Waals surface area contributed by atoms with Gasteiger partial charge in [-0.2, -0.15) is 0 Å². The van der Waals surface area contributed by atoms with Crippen LogP contribution < -0.4 is 4.74 Å². The molecule has 32 heavy (non-hydrogen) atoms. The summed E-state index contributed by atoms with van der Waals surface area (Å²) < 4.78 is 15.1. The maximum atomic E-state index is 12.4. The number of allylic oxidation sites excluding steroid dienone is 5. The standard InChI is InChI=1S/C25H22O7/c1-6-21(31-24(28)8-3)22(32-25(29)9-4)16-17(5)10-15-20(26)18-11-13-19(14-12-18)30-23(27)7-2/h6-16H,1-4H2,5H3/b15-10+,17-16+,22-21-. The molecule has 1 rings (SSSR count). The molecule has 0 fully saturated rings. The average Bonchev–Trinajstić information content (AvgIpc) is 2.80. The number of hydrogen-bond acceptors (Lipinski definition) is 7. The van der Waals surface area contributed by atoms with E-state index in [1.807, 2.05) is 0 Å². The van der Waals surface area contributed by atoms with E-state index in [0.29, 0.717) is 11.1 Å². The van der Waals surface area contributed by atoms with Gasteiger partial charge in [0.1, 0.15) is 5.75 Å². The Labute approximate surface area is 186 Å². The van der Waals surface area contributed by atoms with Gasteiger partial charge in [0.15, 0.2) is 17.3 Å². The quantitative estimate of drug-likeness (QED) is 0.128. The average molecular weight is 434 g/mol. The summed E-state index contributed by atoms with van der Waals surface area (Å²) in [6.45, 7) is 15.1. The maximum absolute atomic E-state index is 12.4. The van der Waals surface area contributed by atoms with E-state index in [9.17, 15) is 19.2 Å². The lowest BCUT2D eigenvalue weighted by Gasteiger charge is -2.09. The van der Waals surface area contributed by atoms with Gasteiger partial charge in [-0.05, 0) is 55.0 Å². The lowest BCUT2D eigenvalue weighted by atomic mass is 10.1. The molecule has 1 aromatic carbocycles. The highest BCUT2D eigenvalue weighted by Gasteiger charge is 2.12. The van der Waals surface area contributed by atoms with E-state index in [-0.39, 0.29) is 23.1 Å². The van der Waals surface area contributed by atoms with Gasteiger partial charge >= 0.3 is 17.9 Å². The van der Waals surface area contributed by atoms with Crippen LogP contribution >= 0.6 is 0 Å². The second-order valence-corrected chi connectivity index (χ2v) is 5.92. The predicted octanol–water partition coefficient (Wildman–Crippen LogP) is 4.32. The van der Waals surface area contributed by atoms with Crippen LogP contribution in [0.15, 0.2) is 110 Å². The van der Waals surface area contributed by atoms with E-state index in [4.69, 9.17) is 14.2 Å². The summed E-state index contributed by atoms with van der Waals surface area (Å²) in [5, 5.41) is 0. The molecule has 0 saturated carbocycles. The molecule has 0 unspecified atom stereocenters. The smallest absolute Gasteiger partial charge is 0.335 e. The van der Waals surface area contributed by atoms with Crippen molar-refractivity contribution in [3.8, 4) is 5.75 Å². The highest BCUT2D eigenvalue weighted by Crippen LogP contribution is 2.16. The minimum atomic E-state index is -0.782. The first-order chi connectivity index (χ1) is 15.2. The normalized spacial score (nSPS) is 11.6. The van der Waals surface area contributed by atoms with E-state index >= 15 is 0 Å². The molecule has 0 aromatic heterocycles. The summed E-state index contributed by atoms with van der Waals surface area (Å²) in [6.07, 6.45) is 8.26. The zero-order valence-electron chi connectivity index (χ0n) is 17.5. The molecule has 0 amide bonds. The van der Waals surface area contributed by atoms with Gasteiger partial charge in [0.05, 0.1) is 0 Å². The van der Waals surface area contributed by atoms with Gasteiger partial charge in [-0.25, -0.2) is 14.4 Å². The molecule has 0 aliphatic carbocycles. The van der Waals surface area contributed by atoms with E-state index < -0.39 is 17.9 Å². The SMILES string of the molecule is C=CC(=O)O/C(C=C)=C(/C=C(C)/C=C/C(=O)c1ccc(OC(=O)C=C)cc1)OC(=O)C=C. The fourth-order valence-corrected chi connectivity index (χ4v) is 2.05. The van der Waals surface area contributed by atoms with Crippen LogP contribution in [0.3, 0.4) is 0 Å². The van der Waals surface area contributed by atoms with Crippen molar-refractivity contribution in [1.29, 1.82) is 0 Å². The van der Waals surface area contributed by atoms with Crippen molar-refractivity contribution in [3.63, 3.8) is 0 Å². The highest BCUT2D eigenvalue weighted by molar-refractivity contribution is 6.04. The third-order valence-corrected chi connectivity index (χ3v) is 3.56. The minimum Gasteiger partial charge on any atom is -0.423 e. The number of rotatable bonds is 11. The molecular weight excluding hydrogens is 412 g/mol. The van der Waals surface area contributed by atoms with E-state index in [2.05, 4.69) is 26.3 Å². The largest absolute Gasteiger partial charge is 0.423 e. The van der Waals surface area contributed by atoms with Gasteiger partial charge < -0.3 is 14.2 Å². The molecule has 0 atom stereocenters. The van der Waals surface area contributed by atoms with Gasteiger partial charge in [0, 0.05) is 23.8 Å². The molecule has 0 heterocycles. The van der Waals surface area contributed by atoms with Crippen LogP contribution in [0.4, 0.5) is 0 Å². The number of carbonyl (C=O) groups excluding carboxylic acids is 4. The predicted molar refractivity (Wildman–Crippen MR) is 119 cm³/mol. The molecule has 0 bridgehead atoms. The fraction of sp³-hybridized carbons (Fsp3) is 0.0400. The Bertz CT molecular complexity index is 1030. The van der Waals surface area contributed by atoms with Crippen LogP contribution in [0.5, 0.6) is 5.75 Å². The zero-order chi connectivity index (χ0) is 24.1. The molecule has 0 N–H and O–H groups in total. The minimum absolute atomic E-state index is 0.108. The Kier molecular flexibility index (Phi) is 10.3. The molecular formula is C25H22O7. The molecule has 0 radical (unpaired) electrons. The van der Waals surface area contributed by atoms with E-state index in [1.165, 1.54) is 48.6 Å². The number of carbonyl (C=O) groups is 4. The molecule has 1 aromatic rings. The summed E-state index contributed by atoms with van der Waals surface area (Å²) in [4.78, 5) is 46.7. The van der Waals surface area contributed by atoms with Gasteiger partial charge in [0.25, 0.3) is 0 Å². The molecule has 0 spiro atoms. The number of esters is 3. The number of hydrogen-bond donors (Lipinski definition) is 0. The topological polar surface area (TPSA) is 96.0 Å². The number of ketones is 1.